The third-order valence-corrected chi connectivity index (χ3v) is 2.69. The Kier molecular flexibility index (Phi) is 4.19. The van der Waals surface area contributed by atoms with Crippen LogP contribution in [0.2, 0.25) is 0 Å². The molecule has 17 heavy (non-hydrogen) atoms. The Morgan fingerprint density at radius 1 is 1.29 bits per heavy atom. The van der Waals surface area contributed by atoms with Gasteiger partial charge in [-0.15, -0.1) is 0 Å². The minimum Gasteiger partial charge on any atom is -0.444 e. The maximum atomic E-state index is 5.28. The number of unbranched alkanes of at least 4 members (excludes halogenated alkanes) is 2. The average Bonchev–Trinajstić information content (AvgIpc) is 2.89. The number of nitrogens with zero attached hydrogens (tertiary/aromatic N) is 1. The van der Waals surface area contributed by atoms with Crippen LogP contribution in [0.1, 0.15) is 26.2 Å². The second kappa shape index (κ2) is 6.09. The number of hydrogen-bond donors (Lipinski definition) is 1. The van der Waals surface area contributed by atoms with Crippen LogP contribution in [-0.2, 0) is 0 Å². The molecule has 0 aliphatic heterocycles. The quantitative estimate of drug-likeness (QED) is 0.764. The summed E-state index contributed by atoms with van der Waals surface area (Å²) in [6.07, 6.45) is 6.92. The lowest BCUT2D eigenvalue weighted by molar-refractivity contribution is 0.572. The Labute approximate surface area is 102 Å². The zero-order valence-electron chi connectivity index (χ0n) is 10.1. The summed E-state index contributed by atoms with van der Waals surface area (Å²) >= 11 is 0. The molecule has 1 aromatic heterocycles. The lowest BCUT2D eigenvalue weighted by Crippen LogP contribution is -2.00. The molecule has 1 heterocycles. The van der Waals surface area contributed by atoms with Gasteiger partial charge in [0.1, 0.15) is 0 Å². The van der Waals surface area contributed by atoms with Crippen LogP contribution < -0.4 is 5.32 Å². The largest absolute Gasteiger partial charge is 0.444 e. The SMILES string of the molecule is CCCCCNc1cccc(-c2cnco2)c1. The van der Waals surface area contributed by atoms with Crippen molar-refractivity contribution in [3.8, 4) is 11.3 Å². The highest BCUT2D eigenvalue weighted by Gasteiger charge is 2.01. The van der Waals surface area contributed by atoms with E-state index in [1.165, 1.54) is 25.7 Å². The van der Waals surface area contributed by atoms with Crippen molar-refractivity contribution in [1.82, 2.24) is 4.98 Å². The topological polar surface area (TPSA) is 38.1 Å². The highest BCUT2D eigenvalue weighted by Crippen LogP contribution is 2.21. The number of oxazole rings is 1. The van der Waals surface area contributed by atoms with E-state index in [0.717, 1.165) is 23.6 Å². The highest BCUT2D eigenvalue weighted by molar-refractivity contribution is 5.63. The van der Waals surface area contributed by atoms with Gasteiger partial charge < -0.3 is 9.73 Å². The summed E-state index contributed by atoms with van der Waals surface area (Å²) in [4.78, 5) is 3.93. The van der Waals surface area contributed by atoms with Gasteiger partial charge in [0.2, 0.25) is 0 Å². The second-order valence-corrected chi connectivity index (χ2v) is 4.08. The first-order chi connectivity index (χ1) is 8.40. The molecule has 90 valence electrons. The predicted molar refractivity (Wildman–Crippen MR) is 70.0 cm³/mol. The molecule has 1 aromatic carbocycles. The molecule has 3 nitrogen and oxygen atoms in total. The van der Waals surface area contributed by atoms with Crippen LogP contribution in [0.25, 0.3) is 11.3 Å². The Bertz CT molecular complexity index is 437. The molecule has 0 aliphatic rings. The normalized spacial score (nSPS) is 10.4. The zero-order chi connectivity index (χ0) is 11.9. The van der Waals surface area contributed by atoms with Gasteiger partial charge in [-0.25, -0.2) is 4.98 Å². The third-order valence-electron chi connectivity index (χ3n) is 2.69. The average molecular weight is 230 g/mol. The molecule has 0 saturated heterocycles. The fourth-order valence-electron chi connectivity index (χ4n) is 1.75. The van der Waals surface area contributed by atoms with Gasteiger partial charge in [-0.05, 0) is 18.6 Å². The monoisotopic (exact) mass is 230 g/mol. The molecule has 0 atom stereocenters. The van der Waals surface area contributed by atoms with Crippen molar-refractivity contribution in [3.63, 3.8) is 0 Å². The van der Waals surface area contributed by atoms with Crippen molar-refractivity contribution in [1.29, 1.82) is 0 Å². The number of rotatable bonds is 6. The van der Waals surface area contributed by atoms with E-state index >= 15 is 0 Å². The van der Waals surface area contributed by atoms with Crippen LogP contribution in [0.3, 0.4) is 0 Å². The molecule has 0 amide bonds. The number of aromatic nitrogens is 1. The van der Waals surface area contributed by atoms with Gasteiger partial charge in [0, 0.05) is 17.8 Å². The van der Waals surface area contributed by atoms with E-state index in [-0.39, 0.29) is 0 Å². The molecular formula is C14H18N2O. The van der Waals surface area contributed by atoms with Gasteiger partial charge in [0.25, 0.3) is 0 Å². The second-order valence-electron chi connectivity index (χ2n) is 4.08. The van der Waals surface area contributed by atoms with Gasteiger partial charge in [-0.3, -0.25) is 0 Å². The summed E-state index contributed by atoms with van der Waals surface area (Å²) in [5, 5.41) is 3.42. The van der Waals surface area contributed by atoms with Crippen molar-refractivity contribution < 1.29 is 4.42 Å². The van der Waals surface area contributed by atoms with Gasteiger partial charge in [0.15, 0.2) is 12.2 Å². The van der Waals surface area contributed by atoms with E-state index in [0.29, 0.717) is 0 Å². The van der Waals surface area contributed by atoms with Crippen LogP contribution in [0, 0.1) is 0 Å². The van der Waals surface area contributed by atoms with E-state index in [9.17, 15) is 0 Å². The standard InChI is InChI=1S/C14H18N2O/c1-2-3-4-8-16-13-7-5-6-12(9-13)14-10-15-11-17-14/h5-7,9-11,16H,2-4,8H2,1H3. The molecule has 0 saturated carbocycles. The van der Waals surface area contributed by atoms with Crippen LogP contribution >= 0.6 is 0 Å². The van der Waals surface area contributed by atoms with Crippen molar-refractivity contribution in [2.75, 3.05) is 11.9 Å². The van der Waals surface area contributed by atoms with E-state index < -0.39 is 0 Å². The van der Waals surface area contributed by atoms with Gasteiger partial charge in [-0.1, -0.05) is 31.9 Å². The van der Waals surface area contributed by atoms with E-state index in [2.05, 4.69) is 29.4 Å². The van der Waals surface area contributed by atoms with Crippen molar-refractivity contribution >= 4 is 5.69 Å². The predicted octanol–water partition coefficient (Wildman–Crippen LogP) is 3.94. The Balaban J connectivity index is 1.97. The maximum Gasteiger partial charge on any atom is 0.181 e. The summed E-state index contributed by atoms with van der Waals surface area (Å²) < 4.78 is 5.28. The molecule has 0 bridgehead atoms. The molecule has 0 unspecified atom stereocenters. The van der Waals surface area contributed by atoms with Crippen LogP contribution in [0.15, 0.2) is 41.3 Å². The smallest absolute Gasteiger partial charge is 0.181 e. The van der Waals surface area contributed by atoms with Crippen molar-refractivity contribution in [2.24, 2.45) is 0 Å². The zero-order valence-corrected chi connectivity index (χ0v) is 10.1. The van der Waals surface area contributed by atoms with Crippen molar-refractivity contribution in [3.05, 3.63) is 36.9 Å². The molecule has 0 aliphatic carbocycles. The summed E-state index contributed by atoms with van der Waals surface area (Å²) in [7, 11) is 0. The maximum absolute atomic E-state index is 5.28. The number of anilines is 1. The van der Waals surface area contributed by atoms with E-state index in [4.69, 9.17) is 4.42 Å². The fourth-order valence-corrected chi connectivity index (χ4v) is 1.75. The lowest BCUT2D eigenvalue weighted by Gasteiger charge is -2.06. The molecule has 2 aromatic rings. The van der Waals surface area contributed by atoms with Crippen molar-refractivity contribution in [2.45, 2.75) is 26.2 Å². The van der Waals surface area contributed by atoms with Crippen LogP contribution in [0.4, 0.5) is 5.69 Å². The first kappa shape index (κ1) is 11.7. The minimum absolute atomic E-state index is 0.808. The Morgan fingerprint density at radius 2 is 2.24 bits per heavy atom. The summed E-state index contributed by atoms with van der Waals surface area (Å²) in [6, 6.07) is 8.22. The molecular weight excluding hydrogens is 212 g/mol. The summed E-state index contributed by atoms with van der Waals surface area (Å²) in [5.74, 6) is 0.808. The number of nitrogens with one attached hydrogen (secondary N) is 1. The Hall–Kier alpha value is -1.77. The molecule has 0 radical (unpaired) electrons. The minimum atomic E-state index is 0.808. The third kappa shape index (κ3) is 3.34. The summed E-state index contributed by atoms with van der Waals surface area (Å²) in [6.45, 7) is 3.23. The summed E-state index contributed by atoms with van der Waals surface area (Å²) in [5.41, 5.74) is 2.19. The molecule has 2 rings (SSSR count). The fraction of sp³-hybridized carbons (Fsp3) is 0.357. The first-order valence-electron chi connectivity index (χ1n) is 6.13. The first-order valence-corrected chi connectivity index (χ1v) is 6.13. The number of benzene rings is 1. The van der Waals surface area contributed by atoms with E-state index in [1.54, 1.807) is 6.20 Å². The van der Waals surface area contributed by atoms with Gasteiger partial charge in [-0.2, -0.15) is 0 Å². The molecule has 0 spiro atoms. The van der Waals surface area contributed by atoms with Gasteiger partial charge >= 0.3 is 0 Å². The number of hydrogen-bond acceptors (Lipinski definition) is 3. The van der Waals surface area contributed by atoms with Crippen LogP contribution in [-0.4, -0.2) is 11.5 Å². The Morgan fingerprint density at radius 3 is 3.00 bits per heavy atom. The molecule has 3 heteroatoms. The molecule has 0 fully saturated rings. The lowest BCUT2D eigenvalue weighted by atomic mass is 10.1. The molecule has 1 N–H and O–H groups in total. The van der Waals surface area contributed by atoms with Crippen LogP contribution in [0.5, 0.6) is 0 Å². The highest BCUT2D eigenvalue weighted by atomic mass is 16.3. The van der Waals surface area contributed by atoms with E-state index in [1.807, 2.05) is 12.1 Å². The van der Waals surface area contributed by atoms with Gasteiger partial charge in [0.05, 0.1) is 6.20 Å².